The molecule has 2 N–H and O–H groups in total. The minimum Gasteiger partial charge on any atom is -0.368 e. The summed E-state index contributed by atoms with van der Waals surface area (Å²) >= 11 is 0. The molecule has 0 saturated carbocycles. The van der Waals surface area contributed by atoms with Crippen molar-refractivity contribution in [1.82, 2.24) is 4.98 Å². The molecule has 1 unspecified atom stereocenters. The average Bonchev–Trinajstić information content (AvgIpc) is 2.27. The summed E-state index contributed by atoms with van der Waals surface area (Å²) < 4.78 is 5.73. The van der Waals surface area contributed by atoms with Crippen molar-refractivity contribution in [3.05, 3.63) is 30.1 Å². The van der Waals surface area contributed by atoms with E-state index in [2.05, 4.69) is 11.9 Å². The second kappa shape index (κ2) is 5.08. The maximum absolute atomic E-state index is 5.73. The summed E-state index contributed by atoms with van der Waals surface area (Å²) in [5, 5.41) is 0. The Hall–Kier alpha value is -0.930. The van der Waals surface area contributed by atoms with Gasteiger partial charge < -0.3 is 10.5 Å². The minimum absolute atomic E-state index is 0.225. The number of hydrogen-bond donors (Lipinski definition) is 1. The number of pyridine rings is 1. The van der Waals surface area contributed by atoms with E-state index >= 15 is 0 Å². The molecule has 14 heavy (non-hydrogen) atoms. The number of aromatic nitrogens is 1. The van der Waals surface area contributed by atoms with E-state index in [1.165, 1.54) is 0 Å². The number of nitrogens with zero attached hydrogens (tertiary/aromatic N) is 1. The highest BCUT2D eigenvalue weighted by molar-refractivity contribution is 5.02. The van der Waals surface area contributed by atoms with Crippen LogP contribution in [0.1, 0.15) is 26.0 Å². The van der Waals surface area contributed by atoms with Gasteiger partial charge in [0.05, 0.1) is 17.9 Å². The van der Waals surface area contributed by atoms with Gasteiger partial charge in [-0.2, -0.15) is 0 Å². The first-order valence-electron chi connectivity index (χ1n) is 4.94. The topological polar surface area (TPSA) is 48.1 Å². The first-order valence-corrected chi connectivity index (χ1v) is 4.94. The summed E-state index contributed by atoms with van der Waals surface area (Å²) in [4.78, 5) is 4.18. The predicted molar refractivity (Wildman–Crippen MR) is 56.8 cm³/mol. The standard InChI is InChI=1S/C11H18N2O/c1-3-11(2,9-12)14-8-10-6-4-5-7-13-10/h4-7H,3,8-9,12H2,1-2H3. The van der Waals surface area contributed by atoms with Crippen LogP contribution in [0.25, 0.3) is 0 Å². The van der Waals surface area contributed by atoms with E-state index in [1.54, 1.807) is 6.20 Å². The smallest absolute Gasteiger partial charge is 0.0895 e. The van der Waals surface area contributed by atoms with Gasteiger partial charge in [-0.05, 0) is 25.5 Å². The molecule has 1 rings (SSSR count). The van der Waals surface area contributed by atoms with Gasteiger partial charge >= 0.3 is 0 Å². The summed E-state index contributed by atoms with van der Waals surface area (Å²) in [7, 11) is 0. The van der Waals surface area contributed by atoms with Crippen LogP contribution >= 0.6 is 0 Å². The van der Waals surface area contributed by atoms with Crippen molar-refractivity contribution in [2.24, 2.45) is 5.73 Å². The van der Waals surface area contributed by atoms with E-state index in [0.29, 0.717) is 13.2 Å². The van der Waals surface area contributed by atoms with Gasteiger partial charge in [-0.25, -0.2) is 0 Å². The third-order valence-corrected chi connectivity index (χ3v) is 2.47. The maximum atomic E-state index is 5.73. The second-order valence-electron chi connectivity index (χ2n) is 3.62. The largest absolute Gasteiger partial charge is 0.368 e. The van der Waals surface area contributed by atoms with Gasteiger partial charge in [0, 0.05) is 12.7 Å². The molecule has 0 radical (unpaired) electrons. The summed E-state index contributed by atoms with van der Waals surface area (Å²) in [5.41, 5.74) is 6.36. The van der Waals surface area contributed by atoms with Gasteiger partial charge in [-0.1, -0.05) is 13.0 Å². The molecule has 0 spiro atoms. The number of hydrogen-bond acceptors (Lipinski definition) is 3. The van der Waals surface area contributed by atoms with Gasteiger partial charge in [0.1, 0.15) is 0 Å². The monoisotopic (exact) mass is 194 g/mol. The third kappa shape index (κ3) is 3.09. The molecule has 0 saturated heterocycles. The van der Waals surface area contributed by atoms with Crippen LogP contribution in [0, 0.1) is 0 Å². The normalized spacial score (nSPS) is 15.1. The number of rotatable bonds is 5. The van der Waals surface area contributed by atoms with E-state index in [1.807, 2.05) is 25.1 Å². The Bertz CT molecular complexity index is 257. The molecular weight excluding hydrogens is 176 g/mol. The summed E-state index contributed by atoms with van der Waals surface area (Å²) in [6.07, 6.45) is 2.68. The third-order valence-electron chi connectivity index (χ3n) is 2.47. The number of nitrogens with two attached hydrogens (primary N) is 1. The quantitative estimate of drug-likeness (QED) is 0.776. The van der Waals surface area contributed by atoms with Crippen molar-refractivity contribution in [2.75, 3.05) is 6.54 Å². The lowest BCUT2D eigenvalue weighted by molar-refractivity contribution is -0.0401. The first-order chi connectivity index (χ1) is 6.70. The molecule has 0 aromatic carbocycles. The van der Waals surface area contributed by atoms with Gasteiger partial charge in [-0.15, -0.1) is 0 Å². The molecule has 3 nitrogen and oxygen atoms in total. The molecule has 3 heteroatoms. The zero-order chi connectivity index (χ0) is 10.4. The summed E-state index contributed by atoms with van der Waals surface area (Å²) in [6, 6.07) is 5.80. The van der Waals surface area contributed by atoms with Crippen LogP contribution in [0.3, 0.4) is 0 Å². The molecule has 0 bridgehead atoms. The van der Waals surface area contributed by atoms with E-state index in [0.717, 1.165) is 12.1 Å². The Morgan fingerprint density at radius 2 is 2.29 bits per heavy atom. The minimum atomic E-state index is -0.225. The molecule has 0 fully saturated rings. The zero-order valence-electron chi connectivity index (χ0n) is 8.86. The molecular formula is C11H18N2O. The van der Waals surface area contributed by atoms with Crippen molar-refractivity contribution in [2.45, 2.75) is 32.5 Å². The lowest BCUT2D eigenvalue weighted by Gasteiger charge is -2.26. The second-order valence-corrected chi connectivity index (χ2v) is 3.62. The Balaban J connectivity index is 2.48. The van der Waals surface area contributed by atoms with Crippen LogP contribution in [0.5, 0.6) is 0 Å². The Morgan fingerprint density at radius 3 is 2.79 bits per heavy atom. The molecule has 0 aliphatic rings. The fourth-order valence-corrected chi connectivity index (χ4v) is 1.04. The van der Waals surface area contributed by atoms with Crippen LogP contribution in [-0.4, -0.2) is 17.1 Å². The van der Waals surface area contributed by atoms with Crippen LogP contribution in [-0.2, 0) is 11.3 Å². The van der Waals surface area contributed by atoms with Gasteiger partial charge in [0.25, 0.3) is 0 Å². The fourth-order valence-electron chi connectivity index (χ4n) is 1.04. The van der Waals surface area contributed by atoms with Crippen LogP contribution in [0.15, 0.2) is 24.4 Å². The van der Waals surface area contributed by atoms with Crippen LogP contribution < -0.4 is 5.73 Å². The Kier molecular flexibility index (Phi) is 4.04. The molecule has 1 aromatic rings. The Morgan fingerprint density at radius 1 is 1.50 bits per heavy atom. The van der Waals surface area contributed by atoms with Crippen molar-refractivity contribution < 1.29 is 4.74 Å². The van der Waals surface area contributed by atoms with Crippen LogP contribution in [0.2, 0.25) is 0 Å². The van der Waals surface area contributed by atoms with E-state index in [9.17, 15) is 0 Å². The van der Waals surface area contributed by atoms with E-state index < -0.39 is 0 Å². The highest BCUT2D eigenvalue weighted by Gasteiger charge is 2.20. The van der Waals surface area contributed by atoms with E-state index in [4.69, 9.17) is 10.5 Å². The van der Waals surface area contributed by atoms with Crippen molar-refractivity contribution in [3.63, 3.8) is 0 Å². The van der Waals surface area contributed by atoms with Crippen LogP contribution in [0.4, 0.5) is 0 Å². The van der Waals surface area contributed by atoms with Crippen molar-refractivity contribution in [1.29, 1.82) is 0 Å². The predicted octanol–water partition coefficient (Wildman–Crippen LogP) is 1.73. The molecule has 1 aromatic heterocycles. The highest BCUT2D eigenvalue weighted by Crippen LogP contribution is 2.15. The lowest BCUT2D eigenvalue weighted by atomic mass is 10.0. The van der Waals surface area contributed by atoms with Gasteiger partial charge in [0.15, 0.2) is 0 Å². The molecule has 78 valence electrons. The molecule has 0 aliphatic carbocycles. The molecule has 0 amide bonds. The fraction of sp³-hybridized carbons (Fsp3) is 0.545. The Labute approximate surface area is 85.3 Å². The molecule has 1 heterocycles. The summed E-state index contributed by atoms with van der Waals surface area (Å²) in [5.74, 6) is 0. The number of ether oxygens (including phenoxy) is 1. The summed E-state index contributed by atoms with van der Waals surface area (Å²) in [6.45, 7) is 5.17. The molecule has 1 atom stereocenters. The zero-order valence-corrected chi connectivity index (χ0v) is 8.86. The van der Waals surface area contributed by atoms with Crippen molar-refractivity contribution >= 4 is 0 Å². The maximum Gasteiger partial charge on any atom is 0.0895 e. The van der Waals surface area contributed by atoms with Gasteiger partial charge in [0.2, 0.25) is 0 Å². The van der Waals surface area contributed by atoms with Gasteiger partial charge in [-0.3, -0.25) is 4.98 Å². The average molecular weight is 194 g/mol. The highest BCUT2D eigenvalue weighted by atomic mass is 16.5. The SMILES string of the molecule is CCC(C)(CN)OCc1ccccn1. The first kappa shape index (κ1) is 11.1. The lowest BCUT2D eigenvalue weighted by Crippen LogP contribution is -2.36. The molecule has 0 aliphatic heterocycles. The van der Waals surface area contributed by atoms with E-state index in [-0.39, 0.29) is 5.60 Å². The van der Waals surface area contributed by atoms with Crippen molar-refractivity contribution in [3.8, 4) is 0 Å².